The first kappa shape index (κ1) is 67.3. The smallest absolute Gasteiger partial charge is 0.305 e. The van der Waals surface area contributed by atoms with E-state index in [4.69, 9.17) is 4.74 Å². The van der Waals surface area contributed by atoms with E-state index >= 15 is 0 Å². The zero-order valence-electron chi connectivity index (χ0n) is 46.6. The van der Waals surface area contributed by atoms with Crippen LogP contribution >= 0.6 is 0 Å². The van der Waals surface area contributed by atoms with Crippen molar-refractivity contribution in [3.05, 3.63) is 24.3 Å². The predicted molar refractivity (Wildman–Crippen MR) is 301 cm³/mol. The Balaban J connectivity index is 3.43. The molecular formula is C63H121NO5. The lowest BCUT2D eigenvalue weighted by Crippen LogP contribution is -2.45. The molecule has 0 rings (SSSR count). The lowest BCUT2D eigenvalue weighted by Gasteiger charge is -2.20. The SMILES string of the molecule is CCCCCC/C=C\CCCCCCCC(=O)OCCCCCCCCCCCCCCCCCCCCCCC(=O)NC(CO)C(O)/C=C/CCCCCCCCCCCCCCCCCCC. The first-order valence-electron chi connectivity index (χ1n) is 31.1. The third-order valence-electron chi connectivity index (χ3n) is 14.5. The van der Waals surface area contributed by atoms with Crippen LogP contribution in [0.5, 0.6) is 0 Å². The van der Waals surface area contributed by atoms with Crippen LogP contribution in [-0.4, -0.2) is 47.4 Å². The first-order valence-corrected chi connectivity index (χ1v) is 31.1. The number of aliphatic hydroxyl groups is 2. The van der Waals surface area contributed by atoms with E-state index in [1.807, 2.05) is 6.08 Å². The Labute approximate surface area is 431 Å². The summed E-state index contributed by atoms with van der Waals surface area (Å²) in [6.45, 7) is 4.90. The number of aliphatic hydroxyl groups excluding tert-OH is 2. The van der Waals surface area contributed by atoms with Crippen molar-refractivity contribution >= 4 is 11.9 Å². The zero-order chi connectivity index (χ0) is 50.0. The second-order valence-corrected chi connectivity index (χ2v) is 21.4. The van der Waals surface area contributed by atoms with Gasteiger partial charge in [0.15, 0.2) is 0 Å². The van der Waals surface area contributed by atoms with E-state index in [0.29, 0.717) is 19.4 Å². The molecule has 408 valence electrons. The molecule has 6 heteroatoms. The summed E-state index contributed by atoms with van der Waals surface area (Å²) < 4.78 is 5.47. The molecule has 2 atom stereocenters. The summed E-state index contributed by atoms with van der Waals surface area (Å²) in [4.78, 5) is 24.5. The van der Waals surface area contributed by atoms with Gasteiger partial charge in [0, 0.05) is 12.8 Å². The average Bonchev–Trinajstić information content (AvgIpc) is 3.35. The summed E-state index contributed by atoms with van der Waals surface area (Å²) in [5.74, 6) is -0.0661. The van der Waals surface area contributed by atoms with Crippen molar-refractivity contribution in [3.63, 3.8) is 0 Å². The highest BCUT2D eigenvalue weighted by atomic mass is 16.5. The molecule has 0 spiro atoms. The number of amides is 1. The van der Waals surface area contributed by atoms with Crippen LogP contribution in [-0.2, 0) is 14.3 Å². The van der Waals surface area contributed by atoms with Crippen LogP contribution < -0.4 is 5.32 Å². The summed E-state index contributed by atoms with van der Waals surface area (Å²) in [6.07, 6.45) is 72.1. The molecule has 0 bridgehead atoms. The molecule has 0 radical (unpaired) electrons. The molecule has 0 aliphatic carbocycles. The van der Waals surface area contributed by atoms with E-state index in [2.05, 4.69) is 31.3 Å². The van der Waals surface area contributed by atoms with Crippen LogP contribution in [0.25, 0.3) is 0 Å². The summed E-state index contributed by atoms with van der Waals surface area (Å²) in [7, 11) is 0. The Morgan fingerprint density at radius 3 is 1.04 bits per heavy atom. The lowest BCUT2D eigenvalue weighted by molar-refractivity contribution is -0.143. The predicted octanol–water partition coefficient (Wildman–Crippen LogP) is 19.4. The van der Waals surface area contributed by atoms with Gasteiger partial charge in [-0.2, -0.15) is 0 Å². The van der Waals surface area contributed by atoms with Gasteiger partial charge in [0.25, 0.3) is 0 Å². The van der Waals surface area contributed by atoms with Gasteiger partial charge >= 0.3 is 5.97 Å². The minimum atomic E-state index is -0.846. The number of hydrogen-bond acceptors (Lipinski definition) is 5. The number of carbonyl (C=O) groups excluding carboxylic acids is 2. The molecule has 0 aromatic heterocycles. The molecule has 0 fully saturated rings. The molecule has 0 aliphatic rings. The van der Waals surface area contributed by atoms with Gasteiger partial charge in [-0.25, -0.2) is 0 Å². The Morgan fingerprint density at radius 2 is 0.681 bits per heavy atom. The number of carbonyl (C=O) groups is 2. The topological polar surface area (TPSA) is 95.9 Å². The second-order valence-electron chi connectivity index (χ2n) is 21.4. The molecule has 2 unspecified atom stereocenters. The summed E-state index contributed by atoms with van der Waals surface area (Å²) in [5.41, 5.74) is 0. The van der Waals surface area contributed by atoms with Crippen molar-refractivity contribution in [3.8, 4) is 0 Å². The van der Waals surface area contributed by atoms with Crippen molar-refractivity contribution in [2.24, 2.45) is 0 Å². The first-order chi connectivity index (χ1) is 34.0. The van der Waals surface area contributed by atoms with Crippen LogP contribution in [0.4, 0.5) is 0 Å². The van der Waals surface area contributed by atoms with Gasteiger partial charge in [0.2, 0.25) is 5.91 Å². The van der Waals surface area contributed by atoms with Crippen LogP contribution in [0.2, 0.25) is 0 Å². The van der Waals surface area contributed by atoms with Crippen LogP contribution in [0, 0.1) is 0 Å². The van der Waals surface area contributed by atoms with E-state index in [1.54, 1.807) is 6.08 Å². The highest BCUT2D eigenvalue weighted by Crippen LogP contribution is 2.18. The molecule has 0 saturated carbocycles. The molecule has 0 aromatic rings. The molecule has 6 nitrogen and oxygen atoms in total. The maximum absolute atomic E-state index is 12.5. The maximum Gasteiger partial charge on any atom is 0.305 e. The molecule has 1 amide bonds. The minimum absolute atomic E-state index is 0.00108. The van der Waals surface area contributed by atoms with Crippen molar-refractivity contribution in [1.29, 1.82) is 0 Å². The minimum Gasteiger partial charge on any atom is -0.466 e. The van der Waals surface area contributed by atoms with E-state index in [9.17, 15) is 19.8 Å². The second kappa shape index (κ2) is 58.9. The highest BCUT2D eigenvalue weighted by molar-refractivity contribution is 5.76. The number of ether oxygens (including phenoxy) is 1. The van der Waals surface area contributed by atoms with Gasteiger partial charge in [-0.05, 0) is 57.8 Å². The average molecular weight is 973 g/mol. The Morgan fingerprint density at radius 1 is 0.391 bits per heavy atom. The van der Waals surface area contributed by atoms with Gasteiger partial charge in [-0.3, -0.25) is 9.59 Å². The zero-order valence-corrected chi connectivity index (χ0v) is 46.6. The fourth-order valence-corrected chi connectivity index (χ4v) is 9.69. The number of allylic oxidation sites excluding steroid dienone is 3. The van der Waals surface area contributed by atoms with E-state index < -0.39 is 12.1 Å². The van der Waals surface area contributed by atoms with Crippen molar-refractivity contribution in [1.82, 2.24) is 5.32 Å². The van der Waals surface area contributed by atoms with Crippen LogP contribution in [0.15, 0.2) is 24.3 Å². The number of esters is 1. The van der Waals surface area contributed by atoms with Crippen molar-refractivity contribution < 1.29 is 24.5 Å². The third kappa shape index (κ3) is 55.5. The number of hydrogen-bond donors (Lipinski definition) is 3. The third-order valence-corrected chi connectivity index (χ3v) is 14.5. The largest absolute Gasteiger partial charge is 0.466 e. The monoisotopic (exact) mass is 972 g/mol. The quantitative estimate of drug-likeness (QED) is 0.0321. The fourth-order valence-electron chi connectivity index (χ4n) is 9.69. The summed E-state index contributed by atoms with van der Waals surface area (Å²) >= 11 is 0. The van der Waals surface area contributed by atoms with E-state index in [0.717, 1.165) is 44.9 Å². The maximum atomic E-state index is 12.5. The fraction of sp³-hybridized carbons (Fsp3) is 0.905. The van der Waals surface area contributed by atoms with Crippen LogP contribution in [0.3, 0.4) is 0 Å². The number of rotatable bonds is 58. The van der Waals surface area contributed by atoms with Crippen molar-refractivity contribution in [2.75, 3.05) is 13.2 Å². The number of nitrogens with one attached hydrogen (secondary N) is 1. The highest BCUT2D eigenvalue weighted by Gasteiger charge is 2.18. The Hall–Kier alpha value is -1.66. The molecule has 0 aliphatic heterocycles. The van der Waals surface area contributed by atoms with Gasteiger partial charge < -0.3 is 20.3 Å². The van der Waals surface area contributed by atoms with E-state index in [1.165, 1.54) is 270 Å². The van der Waals surface area contributed by atoms with E-state index in [-0.39, 0.29) is 18.5 Å². The van der Waals surface area contributed by atoms with Gasteiger partial charge in [0.1, 0.15) is 0 Å². The molecule has 0 aromatic carbocycles. The molecular weight excluding hydrogens is 851 g/mol. The van der Waals surface area contributed by atoms with Gasteiger partial charge in [-0.1, -0.05) is 295 Å². The molecule has 3 N–H and O–H groups in total. The summed E-state index contributed by atoms with van der Waals surface area (Å²) in [6, 6.07) is -0.630. The number of unbranched alkanes of at least 4 members (excludes halogenated alkanes) is 45. The van der Waals surface area contributed by atoms with Gasteiger partial charge in [0.05, 0.1) is 25.4 Å². The molecule has 0 heterocycles. The molecule has 69 heavy (non-hydrogen) atoms. The summed E-state index contributed by atoms with van der Waals surface area (Å²) in [5, 5.41) is 23.2. The van der Waals surface area contributed by atoms with Gasteiger partial charge in [-0.15, -0.1) is 0 Å². The normalized spacial score (nSPS) is 12.7. The van der Waals surface area contributed by atoms with Crippen LogP contribution in [0.1, 0.15) is 341 Å². The standard InChI is InChI=1S/C63H121NO5/c1-3-5-7-9-11-13-15-17-18-19-22-25-28-32-35-39-43-47-51-55-61(66)60(59-65)64-62(67)56-52-48-44-40-36-33-29-26-23-20-21-24-27-30-34-38-42-46-50-54-58-69-63(68)57-53-49-45-41-37-31-16-14-12-10-8-6-4-2/h14,16,51,55,60-61,65-66H,3-13,15,17-50,52-54,56-59H2,1-2H3,(H,64,67)/b16-14-,55-51+. The Kier molecular flexibility index (Phi) is 57.5. The lowest BCUT2D eigenvalue weighted by atomic mass is 10.0. The molecule has 0 saturated heterocycles. The van der Waals surface area contributed by atoms with Crippen molar-refractivity contribution in [2.45, 2.75) is 353 Å². The Bertz CT molecular complexity index is 1080.